The Kier molecular flexibility index (Phi) is 4.73. The molecular formula is C20H21N5O. The van der Waals surface area contributed by atoms with Gasteiger partial charge in [0.05, 0.1) is 11.9 Å². The number of nitrogens with zero attached hydrogens (tertiary/aromatic N) is 4. The molecule has 26 heavy (non-hydrogen) atoms. The molecule has 6 heteroatoms. The van der Waals surface area contributed by atoms with Crippen molar-refractivity contribution in [3.63, 3.8) is 0 Å². The molecular weight excluding hydrogens is 326 g/mol. The largest absolute Gasteiger partial charge is 0.384 e. The molecule has 3 aromatic rings. The minimum Gasteiger partial charge on any atom is -0.384 e. The summed E-state index contributed by atoms with van der Waals surface area (Å²) in [6.07, 6.45) is 6.29. The first-order valence-corrected chi connectivity index (χ1v) is 8.97. The summed E-state index contributed by atoms with van der Waals surface area (Å²) in [5.41, 5.74) is 2.51. The van der Waals surface area contributed by atoms with E-state index >= 15 is 0 Å². The highest BCUT2D eigenvalue weighted by Gasteiger charge is 2.33. The number of benzene rings is 1. The Balaban J connectivity index is 1.45. The number of carbonyl (C=O) groups excluding carboxylic acids is 1. The number of rotatable bonds is 5. The number of ketones is 1. The number of hydrogen-bond acceptors (Lipinski definition) is 5. The summed E-state index contributed by atoms with van der Waals surface area (Å²) in [5.74, 6) is 0.230. The number of nitrogens with one attached hydrogen (secondary N) is 1. The Morgan fingerprint density at radius 2 is 1.88 bits per heavy atom. The van der Waals surface area contributed by atoms with Crippen LogP contribution in [0.4, 0.5) is 5.69 Å². The highest BCUT2D eigenvalue weighted by molar-refractivity contribution is 5.86. The van der Waals surface area contributed by atoms with E-state index in [1.54, 1.807) is 10.9 Å². The predicted molar refractivity (Wildman–Crippen MR) is 99.6 cm³/mol. The van der Waals surface area contributed by atoms with E-state index in [9.17, 15) is 4.79 Å². The Morgan fingerprint density at radius 3 is 2.69 bits per heavy atom. The smallest absolute Gasteiger partial charge is 0.162 e. The van der Waals surface area contributed by atoms with Gasteiger partial charge < -0.3 is 5.32 Å². The van der Waals surface area contributed by atoms with Crippen LogP contribution in [0.15, 0.2) is 60.9 Å². The van der Waals surface area contributed by atoms with Crippen LogP contribution in [-0.2, 0) is 4.79 Å². The molecule has 2 atom stereocenters. The molecule has 0 bridgehead atoms. The third-order valence-electron chi connectivity index (χ3n) is 4.84. The summed E-state index contributed by atoms with van der Waals surface area (Å²) in [6, 6.07) is 15.4. The second-order valence-corrected chi connectivity index (χ2v) is 6.59. The van der Waals surface area contributed by atoms with Crippen molar-refractivity contribution >= 4 is 11.5 Å². The zero-order valence-corrected chi connectivity index (χ0v) is 14.5. The van der Waals surface area contributed by atoms with Crippen LogP contribution in [0.1, 0.15) is 25.3 Å². The van der Waals surface area contributed by atoms with Crippen molar-refractivity contribution in [2.45, 2.75) is 25.3 Å². The standard InChI is InChI=1S/C20H21N5O/c26-20-15(13-22-16-8-2-1-3-9-16)7-6-11-19(20)25-14-18(23-24-25)17-10-4-5-12-21-17/h1-5,8-10,12,14-15,19,22H,6-7,11,13H2/t15-,19?/m0/s1. The van der Waals surface area contributed by atoms with Gasteiger partial charge in [-0.25, -0.2) is 4.68 Å². The van der Waals surface area contributed by atoms with Crippen LogP contribution < -0.4 is 5.32 Å². The molecule has 132 valence electrons. The highest BCUT2D eigenvalue weighted by atomic mass is 16.1. The minimum atomic E-state index is -0.240. The number of para-hydroxylation sites is 1. The van der Waals surface area contributed by atoms with Crippen molar-refractivity contribution in [2.75, 3.05) is 11.9 Å². The van der Waals surface area contributed by atoms with Crippen LogP contribution in [0, 0.1) is 5.92 Å². The van der Waals surface area contributed by atoms with Gasteiger partial charge in [-0.3, -0.25) is 9.78 Å². The summed E-state index contributed by atoms with van der Waals surface area (Å²) >= 11 is 0. The lowest BCUT2D eigenvalue weighted by atomic mass is 9.84. The summed E-state index contributed by atoms with van der Waals surface area (Å²) in [6.45, 7) is 0.654. The van der Waals surface area contributed by atoms with Crippen LogP contribution in [0.3, 0.4) is 0 Å². The van der Waals surface area contributed by atoms with Crippen molar-refractivity contribution in [1.82, 2.24) is 20.0 Å². The maximum absolute atomic E-state index is 12.9. The second-order valence-electron chi connectivity index (χ2n) is 6.59. The van der Waals surface area contributed by atoms with Crippen LogP contribution in [-0.4, -0.2) is 32.3 Å². The monoisotopic (exact) mass is 347 g/mol. The van der Waals surface area contributed by atoms with E-state index in [1.165, 1.54) is 0 Å². The van der Waals surface area contributed by atoms with Crippen LogP contribution in [0.5, 0.6) is 0 Å². The van der Waals surface area contributed by atoms with E-state index in [-0.39, 0.29) is 17.7 Å². The van der Waals surface area contributed by atoms with Gasteiger partial charge in [0.1, 0.15) is 11.7 Å². The number of anilines is 1. The minimum absolute atomic E-state index is 0.00328. The van der Waals surface area contributed by atoms with Crippen molar-refractivity contribution in [1.29, 1.82) is 0 Å². The quantitative estimate of drug-likeness (QED) is 0.766. The SMILES string of the molecule is O=C1C(n2cc(-c3ccccn3)nn2)CCC[C@H]1CNc1ccccc1. The van der Waals surface area contributed by atoms with Gasteiger partial charge >= 0.3 is 0 Å². The number of carbonyl (C=O) groups is 1. The lowest BCUT2D eigenvalue weighted by Gasteiger charge is -2.28. The predicted octanol–water partition coefficient (Wildman–Crippen LogP) is 3.36. The molecule has 0 aliphatic heterocycles. The van der Waals surface area contributed by atoms with Gasteiger partial charge in [0.2, 0.25) is 0 Å². The average molecular weight is 347 g/mol. The molecule has 0 spiro atoms. The van der Waals surface area contributed by atoms with Crippen LogP contribution >= 0.6 is 0 Å². The third-order valence-corrected chi connectivity index (χ3v) is 4.84. The fraction of sp³-hybridized carbons (Fsp3) is 0.300. The molecule has 0 saturated heterocycles. The van der Waals surface area contributed by atoms with Gasteiger partial charge in [-0.05, 0) is 37.1 Å². The topological polar surface area (TPSA) is 72.7 Å². The number of Topliss-reactive ketones (excluding diaryl/α,β-unsaturated/α-hetero) is 1. The van der Waals surface area contributed by atoms with Gasteiger partial charge in [0.25, 0.3) is 0 Å². The first-order chi connectivity index (χ1) is 12.8. The first kappa shape index (κ1) is 16.4. The molecule has 1 saturated carbocycles. The van der Waals surface area contributed by atoms with Crippen molar-refractivity contribution in [3.8, 4) is 11.4 Å². The fourth-order valence-corrected chi connectivity index (χ4v) is 3.44. The Hall–Kier alpha value is -3.02. The second kappa shape index (κ2) is 7.47. The number of aromatic nitrogens is 4. The Morgan fingerprint density at radius 1 is 1.04 bits per heavy atom. The molecule has 0 radical (unpaired) electrons. The van der Waals surface area contributed by atoms with Gasteiger partial charge in [0.15, 0.2) is 5.78 Å². The van der Waals surface area contributed by atoms with E-state index in [0.717, 1.165) is 30.6 Å². The third kappa shape index (κ3) is 3.49. The maximum Gasteiger partial charge on any atom is 0.162 e. The van der Waals surface area contributed by atoms with Crippen molar-refractivity contribution < 1.29 is 4.79 Å². The zero-order chi connectivity index (χ0) is 17.8. The first-order valence-electron chi connectivity index (χ1n) is 8.97. The summed E-state index contributed by atoms with van der Waals surface area (Å²) in [5, 5.41) is 11.8. The molecule has 2 aromatic heterocycles. The molecule has 1 unspecified atom stereocenters. The average Bonchev–Trinajstić information content (AvgIpc) is 3.19. The van der Waals surface area contributed by atoms with E-state index < -0.39 is 0 Å². The molecule has 6 nitrogen and oxygen atoms in total. The molecule has 1 N–H and O–H groups in total. The van der Waals surface area contributed by atoms with Crippen molar-refractivity contribution in [2.24, 2.45) is 5.92 Å². The fourth-order valence-electron chi connectivity index (χ4n) is 3.44. The van der Waals surface area contributed by atoms with Crippen LogP contribution in [0.2, 0.25) is 0 Å². The Labute approximate surface area is 152 Å². The zero-order valence-electron chi connectivity index (χ0n) is 14.5. The van der Waals surface area contributed by atoms with E-state index in [0.29, 0.717) is 12.2 Å². The van der Waals surface area contributed by atoms with E-state index in [1.807, 2.05) is 54.7 Å². The molecule has 1 aliphatic carbocycles. The maximum atomic E-state index is 12.9. The molecule has 2 heterocycles. The summed E-state index contributed by atoms with van der Waals surface area (Å²) in [4.78, 5) is 17.2. The van der Waals surface area contributed by atoms with Gasteiger partial charge in [-0.1, -0.05) is 35.9 Å². The van der Waals surface area contributed by atoms with Gasteiger partial charge in [0, 0.05) is 24.3 Å². The van der Waals surface area contributed by atoms with Gasteiger partial charge in [-0.15, -0.1) is 5.10 Å². The molecule has 0 amide bonds. The summed E-state index contributed by atoms with van der Waals surface area (Å²) < 4.78 is 1.71. The molecule has 1 aromatic carbocycles. The van der Waals surface area contributed by atoms with E-state index in [2.05, 4.69) is 20.6 Å². The molecule has 1 aliphatic rings. The van der Waals surface area contributed by atoms with Gasteiger partial charge in [-0.2, -0.15) is 0 Å². The normalized spacial score (nSPS) is 20.1. The molecule has 1 fully saturated rings. The number of hydrogen-bond donors (Lipinski definition) is 1. The lowest BCUT2D eigenvalue weighted by molar-refractivity contribution is -0.128. The molecule has 4 rings (SSSR count). The Bertz CT molecular complexity index is 862. The van der Waals surface area contributed by atoms with E-state index in [4.69, 9.17) is 0 Å². The highest BCUT2D eigenvalue weighted by Crippen LogP contribution is 2.30. The summed E-state index contributed by atoms with van der Waals surface area (Å²) in [7, 11) is 0. The lowest BCUT2D eigenvalue weighted by Crippen LogP contribution is -2.34. The van der Waals surface area contributed by atoms with Crippen molar-refractivity contribution in [3.05, 3.63) is 60.9 Å². The van der Waals surface area contributed by atoms with Crippen LogP contribution in [0.25, 0.3) is 11.4 Å². The number of pyridine rings is 1.